The molecule has 0 saturated carbocycles. The predicted molar refractivity (Wildman–Crippen MR) is 99.7 cm³/mol. The molecule has 144 valence electrons. The SMILES string of the molecule is COc1ccc(C)cc1S(=O)(=O)N(C)CC(=O)N/N=C/c1ccc(F)cc1. The maximum Gasteiger partial charge on any atom is 0.255 e. The van der Waals surface area contributed by atoms with Crippen molar-refractivity contribution in [3.8, 4) is 5.75 Å². The van der Waals surface area contributed by atoms with Gasteiger partial charge in [-0.1, -0.05) is 18.2 Å². The minimum atomic E-state index is -3.93. The van der Waals surface area contributed by atoms with Crippen molar-refractivity contribution in [3.63, 3.8) is 0 Å². The van der Waals surface area contributed by atoms with Gasteiger partial charge in [0.25, 0.3) is 5.91 Å². The summed E-state index contributed by atoms with van der Waals surface area (Å²) in [5.74, 6) is -0.803. The first kappa shape index (κ1) is 20.5. The molecular weight excluding hydrogens is 373 g/mol. The number of carbonyl (C=O) groups excluding carboxylic acids is 1. The van der Waals surface area contributed by atoms with Gasteiger partial charge in [0.15, 0.2) is 0 Å². The summed E-state index contributed by atoms with van der Waals surface area (Å²) in [5, 5.41) is 3.73. The van der Waals surface area contributed by atoms with E-state index in [9.17, 15) is 17.6 Å². The van der Waals surface area contributed by atoms with Gasteiger partial charge in [-0.15, -0.1) is 0 Å². The highest BCUT2D eigenvalue weighted by Crippen LogP contribution is 2.26. The van der Waals surface area contributed by atoms with E-state index in [0.717, 1.165) is 9.87 Å². The molecule has 9 heteroatoms. The Kier molecular flexibility index (Phi) is 6.65. The third-order valence-corrected chi connectivity index (χ3v) is 5.47. The molecule has 27 heavy (non-hydrogen) atoms. The van der Waals surface area contributed by atoms with E-state index in [1.807, 2.05) is 0 Å². The van der Waals surface area contributed by atoms with Crippen LogP contribution >= 0.6 is 0 Å². The van der Waals surface area contributed by atoms with Crippen LogP contribution in [0.3, 0.4) is 0 Å². The van der Waals surface area contributed by atoms with Crippen LogP contribution in [0, 0.1) is 12.7 Å². The summed E-state index contributed by atoms with van der Waals surface area (Å²) in [6, 6.07) is 10.3. The number of hydrazone groups is 1. The Bertz CT molecular complexity index is 944. The Hall–Kier alpha value is -2.78. The number of carbonyl (C=O) groups is 1. The molecule has 0 aliphatic heterocycles. The van der Waals surface area contributed by atoms with Crippen molar-refractivity contribution in [1.29, 1.82) is 0 Å². The molecule has 0 saturated heterocycles. The monoisotopic (exact) mass is 393 g/mol. The zero-order valence-electron chi connectivity index (χ0n) is 15.1. The molecule has 0 aliphatic rings. The first-order valence-corrected chi connectivity index (χ1v) is 9.36. The lowest BCUT2D eigenvalue weighted by Crippen LogP contribution is -2.36. The van der Waals surface area contributed by atoms with Crippen LogP contribution in [0.4, 0.5) is 4.39 Å². The van der Waals surface area contributed by atoms with Gasteiger partial charge in [-0.25, -0.2) is 18.2 Å². The van der Waals surface area contributed by atoms with Crippen LogP contribution in [0.1, 0.15) is 11.1 Å². The maximum atomic E-state index is 12.8. The fourth-order valence-corrected chi connectivity index (χ4v) is 3.57. The van der Waals surface area contributed by atoms with Crippen molar-refractivity contribution in [2.24, 2.45) is 5.10 Å². The predicted octanol–water partition coefficient (Wildman–Crippen LogP) is 1.91. The number of nitrogens with one attached hydrogen (secondary N) is 1. The van der Waals surface area contributed by atoms with E-state index in [4.69, 9.17) is 4.74 Å². The number of rotatable bonds is 7. The van der Waals surface area contributed by atoms with E-state index < -0.39 is 22.5 Å². The van der Waals surface area contributed by atoms with Gasteiger partial charge in [-0.2, -0.15) is 9.41 Å². The quantitative estimate of drug-likeness (QED) is 0.575. The highest BCUT2D eigenvalue weighted by molar-refractivity contribution is 7.89. The number of aryl methyl sites for hydroxylation is 1. The fourth-order valence-electron chi connectivity index (χ4n) is 2.20. The average molecular weight is 393 g/mol. The molecule has 1 N–H and O–H groups in total. The topological polar surface area (TPSA) is 88.1 Å². The molecule has 0 aliphatic carbocycles. The molecule has 0 aromatic heterocycles. The number of ether oxygens (including phenoxy) is 1. The lowest BCUT2D eigenvalue weighted by molar-refractivity contribution is -0.121. The van der Waals surface area contributed by atoms with Gasteiger partial charge in [-0.3, -0.25) is 4.79 Å². The maximum absolute atomic E-state index is 12.8. The Labute approximate surface area is 157 Å². The van der Waals surface area contributed by atoms with Crippen LogP contribution in [0.2, 0.25) is 0 Å². The largest absolute Gasteiger partial charge is 0.495 e. The number of likely N-dealkylation sites (N-methyl/N-ethyl adjacent to an activating group) is 1. The van der Waals surface area contributed by atoms with E-state index in [1.54, 1.807) is 19.1 Å². The molecule has 2 rings (SSSR count). The molecule has 0 heterocycles. The number of amides is 1. The molecule has 0 unspecified atom stereocenters. The average Bonchev–Trinajstić information content (AvgIpc) is 2.63. The molecule has 0 spiro atoms. The number of sulfonamides is 1. The summed E-state index contributed by atoms with van der Waals surface area (Å²) in [7, 11) is -1.26. The fraction of sp³-hybridized carbons (Fsp3) is 0.222. The van der Waals surface area contributed by atoms with Crippen molar-refractivity contribution in [2.75, 3.05) is 20.7 Å². The molecular formula is C18H20FN3O4S. The minimum absolute atomic E-state index is 0.0184. The highest BCUT2D eigenvalue weighted by atomic mass is 32.2. The summed E-state index contributed by atoms with van der Waals surface area (Å²) in [6.07, 6.45) is 1.33. The second kappa shape index (κ2) is 8.74. The summed E-state index contributed by atoms with van der Waals surface area (Å²) >= 11 is 0. The lowest BCUT2D eigenvalue weighted by Gasteiger charge is -2.18. The second-order valence-electron chi connectivity index (χ2n) is 5.76. The molecule has 7 nitrogen and oxygen atoms in total. The minimum Gasteiger partial charge on any atom is -0.495 e. The summed E-state index contributed by atoms with van der Waals surface area (Å²) in [6.45, 7) is 1.33. The molecule has 0 bridgehead atoms. The van der Waals surface area contributed by atoms with Crippen molar-refractivity contribution >= 4 is 22.1 Å². The molecule has 1 amide bonds. The van der Waals surface area contributed by atoms with Gasteiger partial charge in [0.1, 0.15) is 16.5 Å². The van der Waals surface area contributed by atoms with Gasteiger partial charge in [0, 0.05) is 7.05 Å². The summed E-state index contributed by atoms with van der Waals surface area (Å²) < 4.78 is 44.3. The van der Waals surface area contributed by atoms with Crippen molar-refractivity contribution in [2.45, 2.75) is 11.8 Å². The first-order chi connectivity index (χ1) is 12.7. The number of benzene rings is 2. The number of hydrogen-bond acceptors (Lipinski definition) is 5. The standard InChI is InChI=1S/C18H20FN3O4S/c1-13-4-9-16(26-3)17(10-13)27(24,25)22(2)12-18(23)21-20-11-14-5-7-15(19)8-6-14/h4-11H,12H2,1-3H3,(H,21,23)/b20-11+. The summed E-state index contributed by atoms with van der Waals surface area (Å²) in [4.78, 5) is 12.0. The van der Waals surface area contributed by atoms with Crippen LogP contribution in [0.5, 0.6) is 5.75 Å². The van der Waals surface area contributed by atoms with E-state index in [2.05, 4.69) is 10.5 Å². The Morgan fingerprint density at radius 1 is 1.26 bits per heavy atom. The summed E-state index contributed by atoms with van der Waals surface area (Å²) in [5.41, 5.74) is 3.57. The molecule has 2 aromatic rings. The van der Waals surface area contributed by atoms with Crippen LogP contribution in [0.25, 0.3) is 0 Å². The van der Waals surface area contributed by atoms with E-state index in [1.165, 1.54) is 50.7 Å². The van der Waals surface area contributed by atoms with Gasteiger partial charge in [0.2, 0.25) is 10.0 Å². The second-order valence-corrected chi connectivity index (χ2v) is 7.77. The van der Waals surface area contributed by atoms with Crippen LogP contribution < -0.4 is 10.2 Å². The normalized spacial score (nSPS) is 11.7. The zero-order chi connectivity index (χ0) is 20.0. The van der Waals surface area contributed by atoms with Gasteiger partial charge < -0.3 is 4.74 Å². The Balaban J connectivity index is 2.04. The van der Waals surface area contributed by atoms with Crippen LogP contribution in [0.15, 0.2) is 52.5 Å². The molecule has 0 radical (unpaired) electrons. The van der Waals surface area contributed by atoms with Gasteiger partial charge >= 0.3 is 0 Å². The zero-order valence-corrected chi connectivity index (χ0v) is 16.0. The smallest absolute Gasteiger partial charge is 0.255 e. The van der Waals surface area contributed by atoms with E-state index >= 15 is 0 Å². The molecule has 0 fully saturated rings. The number of halogens is 1. The van der Waals surface area contributed by atoms with Crippen molar-refractivity contribution in [1.82, 2.24) is 9.73 Å². The Morgan fingerprint density at radius 3 is 2.56 bits per heavy atom. The van der Waals surface area contributed by atoms with E-state index in [0.29, 0.717) is 5.56 Å². The number of hydrogen-bond donors (Lipinski definition) is 1. The van der Waals surface area contributed by atoms with E-state index in [-0.39, 0.29) is 16.5 Å². The Morgan fingerprint density at radius 2 is 1.93 bits per heavy atom. The number of nitrogens with zero attached hydrogens (tertiary/aromatic N) is 2. The molecule has 2 aromatic carbocycles. The highest BCUT2D eigenvalue weighted by Gasteiger charge is 2.26. The third kappa shape index (κ3) is 5.35. The van der Waals surface area contributed by atoms with Crippen LogP contribution in [-0.2, 0) is 14.8 Å². The van der Waals surface area contributed by atoms with Gasteiger partial charge in [0.05, 0.1) is 19.9 Å². The van der Waals surface area contributed by atoms with Crippen molar-refractivity contribution < 1.29 is 22.3 Å². The number of methoxy groups -OCH3 is 1. The third-order valence-electron chi connectivity index (χ3n) is 3.65. The first-order valence-electron chi connectivity index (χ1n) is 7.92. The van der Waals surface area contributed by atoms with Crippen molar-refractivity contribution in [3.05, 3.63) is 59.4 Å². The van der Waals surface area contributed by atoms with Crippen LogP contribution in [-0.4, -0.2) is 45.5 Å². The van der Waals surface area contributed by atoms with Gasteiger partial charge in [-0.05, 0) is 42.3 Å². The molecule has 0 atom stereocenters. The lowest BCUT2D eigenvalue weighted by atomic mass is 10.2.